The first kappa shape index (κ1) is 18.3. The van der Waals surface area contributed by atoms with Crippen LogP contribution in [0.5, 0.6) is 5.75 Å². The van der Waals surface area contributed by atoms with Crippen molar-refractivity contribution < 1.29 is 17.9 Å². The molecule has 0 aliphatic rings. The summed E-state index contributed by atoms with van der Waals surface area (Å²) in [5.74, 6) is 0.942. The molecule has 0 radical (unpaired) electrons. The van der Waals surface area contributed by atoms with Crippen molar-refractivity contribution in [3.63, 3.8) is 0 Å². The van der Waals surface area contributed by atoms with Crippen molar-refractivity contribution in [2.24, 2.45) is 5.10 Å². The molecule has 0 saturated heterocycles. The van der Waals surface area contributed by atoms with Crippen molar-refractivity contribution in [1.82, 2.24) is 4.98 Å². The Labute approximate surface area is 145 Å². The van der Waals surface area contributed by atoms with E-state index in [1.54, 1.807) is 0 Å². The lowest BCUT2D eigenvalue weighted by molar-refractivity contribution is -0.137. The van der Waals surface area contributed by atoms with Gasteiger partial charge >= 0.3 is 6.18 Å². The van der Waals surface area contributed by atoms with Gasteiger partial charge in [0.15, 0.2) is 0 Å². The molecule has 2 aromatic rings. The molecule has 1 aromatic carbocycles. The second-order valence-corrected chi connectivity index (χ2v) is 6.01. The smallest absolute Gasteiger partial charge is 0.417 e. The highest BCUT2D eigenvalue weighted by Crippen LogP contribution is 2.29. The number of halogens is 4. The van der Waals surface area contributed by atoms with E-state index in [1.807, 2.05) is 32.0 Å². The van der Waals surface area contributed by atoms with Gasteiger partial charge in [-0.05, 0) is 65.7 Å². The van der Waals surface area contributed by atoms with Crippen LogP contribution < -0.4 is 10.2 Å². The van der Waals surface area contributed by atoms with Crippen molar-refractivity contribution in [3.8, 4) is 5.75 Å². The van der Waals surface area contributed by atoms with Crippen LogP contribution in [0.4, 0.5) is 19.0 Å². The number of rotatable bonds is 5. The third-order valence-electron chi connectivity index (χ3n) is 2.80. The van der Waals surface area contributed by atoms with Gasteiger partial charge in [-0.25, -0.2) is 4.98 Å². The van der Waals surface area contributed by atoms with Crippen molar-refractivity contribution in [3.05, 3.63) is 52.1 Å². The monoisotopic (exact) mass is 401 g/mol. The Hall–Kier alpha value is -2.09. The summed E-state index contributed by atoms with van der Waals surface area (Å²) in [6, 6.07) is 7.61. The summed E-state index contributed by atoms with van der Waals surface area (Å²) >= 11 is 3.41. The molecule has 0 aliphatic heterocycles. The van der Waals surface area contributed by atoms with Crippen molar-refractivity contribution >= 4 is 28.0 Å². The fraction of sp³-hybridized carbons (Fsp3) is 0.250. The van der Waals surface area contributed by atoms with Gasteiger partial charge in [0, 0.05) is 6.20 Å². The highest BCUT2D eigenvalue weighted by Gasteiger charge is 2.30. The summed E-state index contributed by atoms with van der Waals surface area (Å²) < 4.78 is 43.7. The van der Waals surface area contributed by atoms with Crippen LogP contribution in [0.25, 0.3) is 0 Å². The lowest BCUT2D eigenvalue weighted by Gasteiger charge is -2.11. The summed E-state index contributed by atoms with van der Waals surface area (Å²) in [5.41, 5.74) is 2.57. The fourth-order valence-corrected chi connectivity index (χ4v) is 2.24. The van der Waals surface area contributed by atoms with Crippen LogP contribution in [0.15, 0.2) is 46.1 Å². The largest absolute Gasteiger partial charge is 0.490 e. The maximum atomic E-state index is 12.4. The second-order valence-electron chi connectivity index (χ2n) is 5.16. The number of nitrogens with zero attached hydrogens (tertiary/aromatic N) is 2. The van der Waals surface area contributed by atoms with Crippen LogP contribution in [0.3, 0.4) is 0 Å². The first-order valence-electron chi connectivity index (χ1n) is 7.04. The summed E-state index contributed by atoms with van der Waals surface area (Å²) in [6.45, 7) is 3.87. The van der Waals surface area contributed by atoms with Crippen molar-refractivity contribution in [2.45, 2.75) is 26.1 Å². The average Bonchev–Trinajstić information content (AvgIpc) is 2.49. The lowest BCUT2D eigenvalue weighted by atomic mass is 10.2. The molecule has 4 nitrogen and oxygen atoms in total. The third-order valence-corrected chi connectivity index (χ3v) is 3.42. The molecule has 0 saturated carbocycles. The Bertz CT molecular complexity index is 715. The van der Waals surface area contributed by atoms with E-state index in [1.165, 1.54) is 12.3 Å². The van der Waals surface area contributed by atoms with Gasteiger partial charge < -0.3 is 4.74 Å². The predicted octanol–water partition coefficient (Wildman–Crippen LogP) is 5.10. The third kappa shape index (κ3) is 5.23. The van der Waals surface area contributed by atoms with E-state index in [4.69, 9.17) is 4.74 Å². The number of ether oxygens (including phenoxy) is 1. The summed E-state index contributed by atoms with van der Waals surface area (Å²) in [5, 5.41) is 3.96. The molecule has 2 rings (SSSR count). The Morgan fingerprint density at radius 3 is 2.54 bits per heavy atom. The maximum absolute atomic E-state index is 12.4. The first-order valence-corrected chi connectivity index (χ1v) is 7.83. The van der Waals surface area contributed by atoms with E-state index < -0.39 is 11.7 Å². The van der Waals surface area contributed by atoms with Gasteiger partial charge in [-0.2, -0.15) is 18.3 Å². The minimum atomic E-state index is -4.40. The molecule has 0 amide bonds. The molecule has 1 N–H and O–H groups in total. The normalized spacial score (nSPS) is 12.0. The fourth-order valence-electron chi connectivity index (χ4n) is 1.75. The van der Waals surface area contributed by atoms with E-state index in [0.29, 0.717) is 0 Å². The molecule has 0 spiro atoms. The highest BCUT2D eigenvalue weighted by atomic mass is 79.9. The van der Waals surface area contributed by atoms with Crippen LogP contribution in [0, 0.1) is 0 Å². The number of benzene rings is 1. The molecule has 8 heteroatoms. The van der Waals surface area contributed by atoms with Gasteiger partial charge in [0.2, 0.25) is 0 Å². The van der Waals surface area contributed by atoms with E-state index in [2.05, 4.69) is 31.4 Å². The van der Waals surface area contributed by atoms with Gasteiger partial charge in [0.1, 0.15) is 11.6 Å². The Balaban J connectivity index is 2.00. The average molecular weight is 402 g/mol. The van der Waals surface area contributed by atoms with Crippen LogP contribution in [-0.2, 0) is 6.18 Å². The van der Waals surface area contributed by atoms with Gasteiger partial charge in [-0.1, -0.05) is 0 Å². The zero-order valence-electron chi connectivity index (χ0n) is 12.9. The molecule has 1 heterocycles. The Morgan fingerprint density at radius 2 is 2.00 bits per heavy atom. The summed E-state index contributed by atoms with van der Waals surface area (Å²) in [7, 11) is 0. The van der Waals surface area contributed by atoms with Crippen LogP contribution in [0.2, 0.25) is 0 Å². The lowest BCUT2D eigenvalue weighted by Crippen LogP contribution is -2.06. The van der Waals surface area contributed by atoms with E-state index in [0.717, 1.165) is 28.0 Å². The molecule has 24 heavy (non-hydrogen) atoms. The summed E-state index contributed by atoms with van der Waals surface area (Å²) in [4.78, 5) is 3.67. The molecule has 1 aromatic heterocycles. The van der Waals surface area contributed by atoms with Crippen LogP contribution in [-0.4, -0.2) is 17.3 Å². The number of anilines is 1. The SMILES string of the molecule is CC(C)Oc1ccc(/C=N\Nc2ccc(C(F)(F)F)cn2)cc1Br. The molecular formula is C16H15BrF3N3O. The first-order chi connectivity index (χ1) is 11.3. The topological polar surface area (TPSA) is 46.5 Å². The van der Waals surface area contributed by atoms with Gasteiger partial charge in [0.25, 0.3) is 0 Å². The van der Waals surface area contributed by atoms with Gasteiger partial charge in [-0.15, -0.1) is 0 Å². The predicted molar refractivity (Wildman–Crippen MR) is 90.4 cm³/mol. The Kier molecular flexibility index (Phi) is 5.82. The van der Waals surface area contributed by atoms with Gasteiger partial charge in [0.05, 0.1) is 22.4 Å². The van der Waals surface area contributed by atoms with Crippen molar-refractivity contribution in [2.75, 3.05) is 5.43 Å². The number of pyridine rings is 1. The second kappa shape index (κ2) is 7.65. The number of alkyl halides is 3. The molecule has 128 valence electrons. The zero-order chi connectivity index (χ0) is 17.7. The zero-order valence-corrected chi connectivity index (χ0v) is 14.5. The van der Waals surface area contributed by atoms with E-state index in [-0.39, 0.29) is 11.9 Å². The van der Waals surface area contributed by atoms with E-state index >= 15 is 0 Å². The Morgan fingerprint density at radius 1 is 1.25 bits per heavy atom. The minimum Gasteiger partial charge on any atom is -0.490 e. The van der Waals surface area contributed by atoms with Crippen LogP contribution in [0.1, 0.15) is 25.0 Å². The number of hydrogen-bond acceptors (Lipinski definition) is 4. The highest BCUT2D eigenvalue weighted by molar-refractivity contribution is 9.10. The molecular weight excluding hydrogens is 387 g/mol. The number of aromatic nitrogens is 1. The van der Waals surface area contributed by atoms with Crippen molar-refractivity contribution in [1.29, 1.82) is 0 Å². The number of hydrogen-bond donors (Lipinski definition) is 1. The molecule has 0 fully saturated rings. The number of hydrazone groups is 1. The summed E-state index contributed by atoms with van der Waals surface area (Å²) in [6.07, 6.45) is -2.05. The minimum absolute atomic E-state index is 0.0632. The maximum Gasteiger partial charge on any atom is 0.417 e. The van der Waals surface area contributed by atoms with Gasteiger partial charge in [-0.3, -0.25) is 5.43 Å². The molecule has 0 unspecified atom stereocenters. The molecule has 0 aliphatic carbocycles. The molecule has 0 atom stereocenters. The quantitative estimate of drug-likeness (QED) is 0.560. The van der Waals surface area contributed by atoms with E-state index in [9.17, 15) is 13.2 Å². The molecule has 0 bridgehead atoms. The number of nitrogens with one attached hydrogen (secondary N) is 1. The standard InChI is InChI=1S/C16H15BrF3N3O/c1-10(2)24-14-5-3-11(7-13(14)17)8-22-23-15-6-4-12(9-21-15)16(18,19)20/h3-10H,1-2H3,(H,21,23)/b22-8-. The van der Waals surface area contributed by atoms with Crippen LogP contribution >= 0.6 is 15.9 Å².